The molecule has 0 radical (unpaired) electrons. The minimum absolute atomic E-state index is 0.158. The predicted molar refractivity (Wildman–Crippen MR) is 197 cm³/mol. The summed E-state index contributed by atoms with van der Waals surface area (Å²) in [6.07, 6.45) is 4.53. The number of hydrogen-bond acceptors (Lipinski definition) is 11. The van der Waals surface area contributed by atoms with Crippen LogP contribution < -0.4 is 5.69 Å². The van der Waals surface area contributed by atoms with Crippen LogP contribution >= 0.6 is 0 Å². The van der Waals surface area contributed by atoms with E-state index in [-0.39, 0.29) is 13.1 Å². The fourth-order valence-corrected chi connectivity index (χ4v) is 7.42. The van der Waals surface area contributed by atoms with Crippen LogP contribution in [0.25, 0.3) is 11.0 Å². The normalized spacial score (nSPS) is 29.6. The first-order chi connectivity index (χ1) is 25.2. The van der Waals surface area contributed by atoms with Crippen molar-refractivity contribution in [2.75, 3.05) is 13.2 Å². The number of benzene rings is 1. The van der Waals surface area contributed by atoms with Crippen molar-refractivity contribution < 1.29 is 49.6 Å². The molecule has 52 heavy (non-hydrogen) atoms. The van der Waals surface area contributed by atoms with Crippen LogP contribution in [0.2, 0.25) is 0 Å². The van der Waals surface area contributed by atoms with Crippen LogP contribution in [0.1, 0.15) is 117 Å². The third kappa shape index (κ3) is 11.8. The minimum atomic E-state index is -1.62. The molecule has 1 aromatic heterocycles. The summed E-state index contributed by atoms with van der Waals surface area (Å²) in [4.78, 5) is 14.0. The zero-order valence-corrected chi connectivity index (χ0v) is 31.3. The van der Waals surface area contributed by atoms with Gasteiger partial charge in [0.2, 0.25) is 0 Å². The molecule has 2 aliphatic rings. The molecule has 13 nitrogen and oxygen atoms in total. The largest absolute Gasteiger partial charge is 0.388 e. The van der Waals surface area contributed by atoms with Crippen molar-refractivity contribution in [2.45, 2.75) is 191 Å². The van der Waals surface area contributed by atoms with Crippen molar-refractivity contribution in [3.05, 3.63) is 34.7 Å². The summed E-state index contributed by atoms with van der Waals surface area (Å²) in [6, 6.07) is 6.99. The first-order valence-electron chi connectivity index (χ1n) is 20.0. The average Bonchev–Trinajstić information content (AvgIpc) is 3.39. The average molecular weight is 739 g/mol. The van der Waals surface area contributed by atoms with Crippen LogP contribution in [-0.2, 0) is 32.0 Å². The maximum atomic E-state index is 14.0. The van der Waals surface area contributed by atoms with Gasteiger partial charge in [-0.15, -0.1) is 0 Å². The van der Waals surface area contributed by atoms with Gasteiger partial charge < -0.3 is 49.6 Å². The van der Waals surface area contributed by atoms with Gasteiger partial charge in [0.1, 0.15) is 48.8 Å². The van der Waals surface area contributed by atoms with Gasteiger partial charge >= 0.3 is 5.69 Å². The quantitative estimate of drug-likeness (QED) is 0.0863. The maximum absolute atomic E-state index is 14.0. The van der Waals surface area contributed by atoms with Crippen LogP contribution in [0.3, 0.4) is 0 Å². The Kier molecular flexibility index (Phi) is 18.5. The molecule has 2 fully saturated rings. The maximum Gasteiger partial charge on any atom is 0.329 e. The second kappa shape index (κ2) is 22.5. The molecule has 0 bridgehead atoms. The zero-order valence-electron chi connectivity index (χ0n) is 31.3. The van der Waals surface area contributed by atoms with E-state index < -0.39 is 67.1 Å². The van der Waals surface area contributed by atoms with Crippen molar-refractivity contribution in [3.63, 3.8) is 0 Å². The number of para-hydroxylation sites is 2. The molecule has 13 heteroatoms. The molecular formula is C39H66N2O11. The first kappa shape index (κ1) is 42.8. The summed E-state index contributed by atoms with van der Waals surface area (Å²) in [5, 5.41) is 64.8. The summed E-state index contributed by atoms with van der Waals surface area (Å²) in [6.45, 7) is 4.68. The molecule has 3 heterocycles. The minimum Gasteiger partial charge on any atom is -0.388 e. The number of imidazole rings is 1. The molecule has 2 aromatic rings. The highest BCUT2D eigenvalue weighted by Gasteiger charge is 2.46. The predicted octanol–water partition coefficient (Wildman–Crippen LogP) is 3.73. The number of hydrogen-bond donors (Lipinski definition) is 6. The standard InChI is InChI=1S/C39H66N2O11/c1-3-5-7-9-11-13-15-19-23-49-35-31(42)29(51-37(46)33(35)44)25-40-27-21-17-18-22-28(27)41(39(40)48)26-30-32(43)36(34(45)38(47)52-30)50-24-20-16-14-12-10-8-6-4-2/h17-18,21-22,29-38,42-47H,3-16,19-20,23-26H2,1-2H3/t29-,30+,31-,32+,33+,34-,35+,36-,37-,38+. The lowest BCUT2D eigenvalue weighted by atomic mass is 9.98. The lowest BCUT2D eigenvalue weighted by Crippen LogP contribution is -2.60. The Bertz CT molecular complexity index is 1240. The van der Waals surface area contributed by atoms with Crippen LogP contribution in [0.5, 0.6) is 0 Å². The van der Waals surface area contributed by atoms with Gasteiger partial charge in [-0.05, 0) is 25.0 Å². The van der Waals surface area contributed by atoms with E-state index in [0.29, 0.717) is 24.2 Å². The van der Waals surface area contributed by atoms with E-state index in [2.05, 4.69) is 13.8 Å². The molecule has 2 aliphatic heterocycles. The van der Waals surface area contributed by atoms with E-state index in [1.807, 2.05) is 0 Å². The first-order valence-corrected chi connectivity index (χ1v) is 20.0. The number of ether oxygens (including phenoxy) is 4. The summed E-state index contributed by atoms with van der Waals surface area (Å²) in [5.74, 6) is 0. The fourth-order valence-electron chi connectivity index (χ4n) is 7.42. The molecule has 0 amide bonds. The fraction of sp³-hybridized carbons (Fsp3) is 0.821. The number of fused-ring (bicyclic) bond motifs is 1. The summed E-state index contributed by atoms with van der Waals surface area (Å²) >= 11 is 0. The molecule has 0 spiro atoms. The van der Waals surface area contributed by atoms with E-state index in [0.717, 1.165) is 51.4 Å². The van der Waals surface area contributed by atoms with Crippen molar-refractivity contribution in [2.24, 2.45) is 0 Å². The molecule has 0 unspecified atom stereocenters. The molecule has 2 saturated heterocycles. The zero-order chi connectivity index (χ0) is 37.5. The number of aliphatic hydroxyl groups excluding tert-OH is 6. The highest BCUT2D eigenvalue weighted by Crippen LogP contribution is 2.27. The number of nitrogens with zero attached hydrogens (tertiary/aromatic N) is 2. The van der Waals surface area contributed by atoms with E-state index in [1.54, 1.807) is 24.3 Å². The molecule has 6 N–H and O–H groups in total. The Balaban J connectivity index is 1.37. The highest BCUT2D eigenvalue weighted by molar-refractivity contribution is 5.76. The van der Waals surface area contributed by atoms with Crippen LogP contribution in [-0.4, -0.2) is 114 Å². The van der Waals surface area contributed by atoms with Gasteiger partial charge in [0.05, 0.1) is 24.1 Å². The summed E-state index contributed by atoms with van der Waals surface area (Å²) in [5.41, 5.74) is 0.518. The second-order valence-corrected chi connectivity index (χ2v) is 14.7. The van der Waals surface area contributed by atoms with Gasteiger partial charge in [0.25, 0.3) is 0 Å². The van der Waals surface area contributed by atoms with E-state index in [4.69, 9.17) is 18.9 Å². The number of aliphatic hydroxyl groups is 6. The lowest BCUT2D eigenvalue weighted by molar-refractivity contribution is -0.292. The lowest BCUT2D eigenvalue weighted by Gasteiger charge is -2.40. The molecule has 0 saturated carbocycles. The van der Waals surface area contributed by atoms with Gasteiger partial charge in [-0.1, -0.05) is 116 Å². The Morgan fingerprint density at radius 3 is 1.25 bits per heavy atom. The third-order valence-electron chi connectivity index (χ3n) is 10.6. The molecule has 4 rings (SSSR count). The van der Waals surface area contributed by atoms with Crippen LogP contribution in [0.15, 0.2) is 29.1 Å². The third-order valence-corrected chi connectivity index (χ3v) is 10.6. The smallest absolute Gasteiger partial charge is 0.329 e. The van der Waals surface area contributed by atoms with E-state index in [9.17, 15) is 35.4 Å². The van der Waals surface area contributed by atoms with Gasteiger partial charge in [-0.2, -0.15) is 0 Å². The van der Waals surface area contributed by atoms with Gasteiger partial charge in [-0.3, -0.25) is 9.13 Å². The molecular weight excluding hydrogens is 672 g/mol. The van der Waals surface area contributed by atoms with Crippen LogP contribution in [0, 0.1) is 0 Å². The molecule has 298 valence electrons. The number of rotatable bonds is 24. The van der Waals surface area contributed by atoms with Gasteiger partial charge in [-0.25, -0.2) is 4.79 Å². The van der Waals surface area contributed by atoms with Crippen molar-refractivity contribution >= 4 is 11.0 Å². The van der Waals surface area contributed by atoms with Crippen LogP contribution in [0.4, 0.5) is 0 Å². The Hall–Kier alpha value is -1.91. The monoisotopic (exact) mass is 738 g/mol. The second-order valence-electron chi connectivity index (χ2n) is 14.7. The van der Waals surface area contributed by atoms with Gasteiger partial charge in [0.15, 0.2) is 12.6 Å². The molecule has 0 aliphatic carbocycles. The Morgan fingerprint density at radius 2 is 0.885 bits per heavy atom. The highest BCUT2D eigenvalue weighted by atomic mass is 16.7. The Labute approximate surface area is 308 Å². The molecule has 1 aromatic carbocycles. The topological polar surface area (TPSA) is 185 Å². The molecule has 10 atom stereocenters. The summed E-state index contributed by atoms with van der Waals surface area (Å²) in [7, 11) is 0. The van der Waals surface area contributed by atoms with Gasteiger partial charge in [0, 0.05) is 13.2 Å². The van der Waals surface area contributed by atoms with E-state index >= 15 is 0 Å². The SMILES string of the molecule is CCCCCCCCCCO[C@@H]1[C@@H](O)[C@H](Cn2c(=O)n(C[C@H]3O[C@@H](O)[C@@H](O)[C@@H](OCCCCCCCCCC)[C@@H]3O)c3ccccc32)O[C@H](O)[C@@H]1O. The van der Waals surface area contributed by atoms with E-state index in [1.165, 1.54) is 60.5 Å². The summed E-state index contributed by atoms with van der Waals surface area (Å²) < 4.78 is 25.8. The Morgan fingerprint density at radius 1 is 0.538 bits per heavy atom. The number of aromatic nitrogens is 2. The van der Waals surface area contributed by atoms with Crippen molar-refractivity contribution in [3.8, 4) is 0 Å². The van der Waals surface area contributed by atoms with Crippen molar-refractivity contribution in [1.29, 1.82) is 0 Å². The van der Waals surface area contributed by atoms with Crippen molar-refractivity contribution in [1.82, 2.24) is 9.13 Å². The number of unbranched alkanes of at least 4 members (excludes halogenated alkanes) is 14.